The Kier molecular flexibility index (Phi) is 7.91. The van der Waals surface area contributed by atoms with Crippen LogP contribution in [-0.4, -0.2) is 43.7 Å². The number of hydrogen-bond donors (Lipinski definition) is 1. The number of nitrogens with one attached hydrogen (secondary N) is 1. The molecule has 0 atom stereocenters. The monoisotopic (exact) mass is 422 g/mol. The third-order valence-corrected chi connectivity index (χ3v) is 6.69. The van der Waals surface area contributed by atoms with E-state index >= 15 is 0 Å². The molecule has 0 heterocycles. The van der Waals surface area contributed by atoms with Crippen molar-refractivity contribution >= 4 is 33.4 Å². The van der Waals surface area contributed by atoms with Gasteiger partial charge in [-0.1, -0.05) is 31.5 Å². The molecule has 8 heteroatoms. The molecular formula is C20H26N2O4S2. The van der Waals surface area contributed by atoms with E-state index in [1.807, 2.05) is 37.4 Å². The number of anilines is 1. The van der Waals surface area contributed by atoms with Crippen LogP contribution in [0, 0.1) is 6.92 Å². The van der Waals surface area contributed by atoms with Crippen molar-refractivity contribution in [2.75, 3.05) is 30.4 Å². The summed E-state index contributed by atoms with van der Waals surface area (Å²) in [5, 5.41) is 2.76. The topological polar surface area (TPSA) is 75.7 Å². The van der Waals surface area contributed by atoms with E-state index in [2.05, 4.69) is 5.32 Å². The lowest BCUT2D eigenvalue weighted by Gasteiger charge is -2.20. The Labute approximate surface area is 171 Å². The summed E-state index contributed by atoms with van der Waals surface area (Å²) in [6.45, 7) is 6.29. The van der Waals surface area contributed by atoms with E-state index in [0.717, 1.165) is 5.56 Å². The lowest BCUT2D eigenvalue weighted by atomic mass is 10.2. The number of thioether (sulfide) groups is 1. The molecule has 0 saturated carbocycles. The predicted octanol–water partition coefficient (Wildman–Crippen LogP) is 4.12. The summed E-state index contributed by atoms with van der Waals surface area (Å²) >= 11 is 1.38. The number of carbonyl (C=O) groups excluding carboxylic acids is 1. The van der Waals surface area contributed by atoms with Crippen LogP contribution in [0.15, 0.2) is 47.4 Å². The number of aryl methyl sites for hydroxylation is 1. The van der Waals surface area contributed by atoms with Crippen molar-refractivity contribution in [1.29, 1.82) is 0 Å². The van der Waals surface area contributed by atoms with Gasteiger partial charge in [0.05, 0.1) is 16.3 Å². The predicted molar refractivity (Wildman–Crippen MR) is 115 cm³/mol. The molecule has 0 aliphatic heterocycles. The molecule has 1 amide bonds. The maximum Gasteiger partial charge on any atom is 0.243 e. The molecule has 0 saturated heterocycles. The van der Waals surface area contributed by atoms with Crippen LogP contribution in [0.3, 0.4) is 0 Å². The largest absolute Gasteiger partial charge is 0.455 e. The number of carbonyl (C=O) groups is 1. The summed E-state index contributed by atoms with van der Waals surface area (Å²) in [4.78, 5) is 12.2. The number of rotatable bonds is 9. The second kappa shape index (κ2) is 9.95. The fraction of sp³-hybridized carbons (Fsp3) is 0.350. The van der Waals surface area contributed by atoms with Crippen LogP contribution in [-0.2, 0) is 14.8 Å². The molecule has 152 valence electrons. The van der Waals surface area contributed by atoms with Gasteiger partial charge in [-0.25, -0.2) is 8.42 Å². The third kappa shape index (κ3) is 5.50. The minimum Gasteiger partial charge on any atom is -0.455 e. The Morgan fingerprint density at radius 3 is 2.32 bits per heavy atom. The average Bonchev–Trinajstić information content (AvgIpc) is 2.65. The van der Waals surface area contributed by atoms with Gasteiger partial charge >= 0.3 is 0 Å². The summed E-state index contributed by atoms with van der Waals surface area (Å²) in [5.41, 5.74) is 1.43. The number of ether oxygens (including phenoxy) is 1. The fourth-order valence-electron chi connectivity index (χ4n) is 2.62. The Hall–Kier alpha value is -2.03. The molecule has 0 radical (unpaired) electrons. The number of nitrogens with zero attached hydrogens (tertiary/aromatic N) is 1. The van der Waals surface area contributed by atoms with Gasteiger partial charge in [0.1, 0.15) is 5.75 Å². The van der Waals surface area contributed by atoms with Crippen molar-refractivity contribution in [1.82, 2.24) is 4.31 Å². The number of benzene rings is 2. The van der Waals surface area contributed by atoms with Crippen molar-refractivity contribution in [2.45, 2.75) is 25.7 Å². The molecule has 0 fully saturated rings. The van der Waals surface area contributed by atoms with Gasteiger partial charge < -0.3 is 10.1 Å². The molecular weight excluding hydrogens is 396 g/mol. The normalized spacial score (nSPS) is 11.5. The van der Waals surface area contributed by atoms with Gasteiger partial charge in [-0.05, 0) is 43.5 Å². The molecule has 6 nitrogen and oxygen atoms in total. The Bertz CT molecular complexity index is 908. The number of sulfonamides is 1. The van der Waals surface area contributed by atoms with Crippen LogP contribution in [0.1, 0.15) is 19.4 Å². The van der Waals surface area contributed by atoms with Crippen molar-refractivity contribution in [2.24, 2.45) is 0 Å². The van der Waals surface area contributed by atoms with Crippen LogP contribution in [0.4, 0.5) is 5.69 Å². The minimum atomic E-state index is -3.65. The van der Waals surface area contributed by atoms with Crippen molar-refractivity contribution < 1.29 is 17.9 Å². The Morgan fingerprint density at radius 2 is 1.75 bits per heavy atom. The van der Waals surface area contributed by atoms with Gasteiger partial charge in [-0.3, -0.25) is 4.79 Å². The minimum absolute atomic E-state index is 0.118. The van der Waals surface area contributed by atoms with E-state index in [1.54, 1.807) is 19.9 Å². The van der Waals surface area contributed by atoms with Gasteiger partial charge in [0.2, 0.25) is 15.9 Å². The molecule has 2 aromatic rings. The van der Waals surface area contributed by atoms with E-state index in [-0.39, 0.29) is 16.6 Å². The van der Waals surface area contributed by atoms with E-state index < -0.39 is 10.0 Å². The SMILES string of the molecule is CCN(CC)S(=O)(=O)c1ccc(Oc2ccc(C)cc2)c(NC(=O)CSC)c1. The molecule has 2 aromatic carbocycles. The first-order chi connectivity index (χ1) is 13.3. The first-order valence-corrected chi connectivity index (χ1v) is 11.8. The van der Waals surface area contributed by atoms with E-state index in [0.29, 0.717) is 30.3 Å². The van der Waals surface area contributed by atoms with Gasteiger partial charge in [-0.15, -0.1) is 0 Å². The van der Waals surface area contributed by atoms with Gasteiger partial charge in [-0.2, -0.15) is 16.1 Å². The van der Waals surface area contributed by atoms with Crippen LogP contribution in [0.2, 0.25) is 0 Å². The molecule has 0 aromatic heterocycles. The summed E-state index contributed by atoms with van der Waals surface area (Å²) in [6, 6.07) is 12.0. The highest BCUT2D eigenvalue weighted by Gasteiger charge is 2.23. The quantitative estimate of drug-likeness (QED) is 0.658. The highest BCUT2D eigenvalue weighted by Crippen LogP contribution is 2.33. The second-order valence-electron chi connectivity index (χ2n) is 6.14. The van der Waals surface area contributed by atoms with Crippen LogP contribution < -0.4 is 10.1 Å². The lowest BCUT2D eigenvalue weighted by Crippen LogP contribution is -2.30. The number of hydrogen-bond acceptors (Lipinski definition) is 5. The maximum atomic E-state index is 12.8. The van der Waals surface area contributed by atoms with Crippen LogP contribution in [0.5, 0.6) is 11.5 Å². The first kappa shape index (κ1) is 22.3. The van der Waals surface area contributed by atoms with E-state index in [4.69, 9.17) is 4.74 Å². The molecule has 0 aliphatic rings. The van der Waals surface area contributed by atoms with Gasteiger partial charge in [0.15, 0.2) is 5.75 Å². The Balaban J connectivity index is 2.44. The molecule has 2 rings (SSSR count). The van der Waals surface area contributed by atoms with Gasteiger partial charge in [0, 0.05) is 13.1 Å². The zero-order valence-corrected chi connectivity index (χ0v) is 18.2. The molecule has 0 unspecified atom stereocenters. The molecule has 1 N–H and O–H groups in total. The van der Waals surface area contributed by atoms with Crippen molar-refractivity contribution in [3.8, 4) is 11.5 Å². The third-order valence-electron chi connectivity index (χ3n) is 4.09. The molecule has 0 spiro atoms. The summed E-state index contributed by atoms with van der Waals surface area (Å²) in [6.07, 6.45) is 1.82. The van der Waals surface area contributed by atoms with E-state index in [1.165, 1.54) is 28.2 Å². The van der Waals surface area contributed by atoms with Crippen molar-refractivity contribution in [3.05, 3.63) is 48.0 Å². The fourth-order valence-corrected chi connectivity index (χ4v) is 4.44. The number of amides is 1. The Morgan fingerprint density at radius 1 is 1.11 bits per heavy atom. The van der Waals surface area contributed by atoms with E-state index in [9.17, 15) is 13.2 Å². The zero-order chi connectivity index (χ0) is 20.7. The summed E-state index contributed by atoms with van der Waals surface area (Å²) < 4.78 is 32.9. The molecule has 0 aliphatic carbocycles. The average molecular weight is 423 g/mol. The van der Waals surface area contributed by atoms with Crippen LogP contribution >= 0.6 is 11.8 Å². The highest BCUT2D eigenvalue weighted by atomic mass is 32.2. The van der Waals surface area contributed by atoms with Crippen LogP contribution in [0.25, 0.3) is 0 Å². The molecule has 0 bridgehead atoms. The lowest BCUT2D eigenvalue weighted by molar-refractivity contribution is -0.113. The summed E-state index contributed by atoms with van der Waals surface area (Å²) in [7, 11) is -3.65. The molecule has 28 heavy (non-hydrogen) atoms. The maximum absolute atomic E-state index is 12.8. The first-order valence-electron chi connectivity index (χ1n) is 8.99. The standard InChI is InChI=1S/C20H26N2O4S2/c1-5-22(6-2)28(24,25)17-11-12-19(18(13-17)21-20(23)14-27-4)26-16-9-7-15(3)8-10-16/h7-13H,5-6,14H2,1-4H3,(H,21,23). The van der Waals surface area contributed by atoms with Gasteiger partial charge in [0.25, 0.3) is 0 Å². The highest BCUT2D eigenvalue weighted by molar-refractivity contribution is 7.99. The summed E-state index contributed by atoms with van der Waals surface area (Å²) in [5.74, 6) is 1.03. The zero-order valence-electron chi connectivity index (χ0n) is 16.6. The van der Waals surface area contributed by atoms with Crippen molar-refractivity contribution in [3.63, 3.8) is 0 Å². The second-order valence-corrected chi connectivity index (χ2v) is 8.95. The smallest absolute Gasteiger partial charge is 0.243 e.